The highest BCUT2D eigenvalue weighted by atomic mass is 19.1. The van der Waals surface area contributed by atoms with Crippen molar-refractivity contribution in [2.24, 2.45) is 11.1 Å². The Balaban J connectivity index is 2.26. The Kier molecular flexibility index (Phi) is 3.73. The summed E-state index contributed by atoms with van der Waals surface area (Å²) < 4.78 is 23.8. The predicted molar refractivity (Wildman–Crippen MR) is 65.4 cm³/mol. The lowest BCUT2D eigenvalue weighted by atomic mass is 9.75. The fraction of sp³-hybridized carbons (Fsp3) is 0.462. The molecule has 0 amide bonds. The van der Waals surface area contributed by atoms with Crippen LogP contribution in [-0.4, -0.2) is 30.9 Å². The van der Waals surface area contributed by atoms with Gasteiger partial charge in [-0.3, -0.25) is 4.79 Å². The summed E-state index contributed by atoms with van der Waals surface area (Å²) in [7, 11) is 0. The molecule has 1 aliphatic heterocycles. The summed E-state index contributed by atoms with van der Waals surface area (Å²) >= 11 is 0. The van der Waals surface area contributed by atoms with Crippen molar-refractivity contribution in [3.8, 4) is 5.75 Å². The fourth-order valence-electron chi connectivity index (χ4n) is 2.06. The first-order valence-electron chi connectivity index (χ1n) is 6.00. The number of halogens is 1. The van der Waals surface area contributed by atoms with Gasteiger partial charge in [0, 0.05) is 0 Å². The van der Waals surface area contributed by atoms with Crippen LogP contribution in [0.15, 0.2) is 18.2 Å². The highest BCUT2D eigenvalue weighted by Crippen LogP contribution is 2.40. The third-order valence-electron chi connectivity index (χ3n) is 3.36. The highest BCUT2D eigenvalue weighted by Gasteiger charge is 2.51. The van der Waals surface area contributed by atoms with E-state index >= 15 is 0 Å². The van der Waals surface area contributed by atoms with Crippen molar-refractivity contribution in [3.05, 3.63) is 29.6 Å². The number of aliphatic carboxylic acids is 1. The molecule has 1 heterocycles. The first-order chi connectivity index (χ1) is 9.01. The van der Waals surface area contributed by atoms with Gasteiger partial charge in [0.25, 0.3) is 0 Å². The summed E-state index contributed by atoms with van der Waals surface area (Å²) in [6, 6.07) is 3.45. The van der Waals surface area contributed by atoms with Gasteiger partial charge in [-0.05, 0) is 24.6 Å². The van der Waals surface area contributed by atoms with E-state index in [4.69, 9.17) is 15.2 Å². The molecule has 0 bridgehead atoms. The summed E-state index contributed by atoms with van der Waals surface area (Å²) in [5, 5.41) is 9.25. The molecule has 6 heteroatoms. The van der Waals surface area contributed by atoms with Gasteiger partial charge in [-0.1, -0.05) is 6.07 Å². The molecule has 1 atom stereocenters. The Hall–Kier alpha value is -1.66. The van der Waals surface area contributed by atoms with Crippen molar-refractivity contribution < 1.29 is 23.8 Å². The monoisotopic (exact) mass is 269 g/mol. The van der Waals surface area contributed by atoms with Crippen LogP contribution in [0, 0.1) is 11.2 Å². The van der Waals surface area contributed by atoms with Crippen LogP contribution in [0.5, 0.6) is 5.75 Å². The van der Waals surface area contributed by atoms with Gasteiger partial charge in [-0.15, -0.1) is 0 Å². The molecule has 0 aliphatic carbocycles. The Morgan fingerprint density at radius 2 is 2.32 bits per heavy atom. The predicted octanol–water partition coefficient (Wildman–Crippen LogP) is 1.33. The van der Waals surface area contributed by atoms with Crippen LogP contribution in [0.25, 0.3) is 0 Å². The molecule has 5 nitrogen and oxygen atoms in total. The Bertz CT molecular complexity index is 488. The van der Waals surface area contributed by atoms with Gasteiger partial charge in [-0.2, -0.15) is 0 Å². The van der Waals surface area contributed by atoms with Crippen molar-refractivity contribution in [2.75, 3.05) is 19.8 Å². The van der Waals surface area contributed by atoms with E-state index in [1.807, 2.05) is 0 Å². The summed E-state index contributed by atoms with van der Waals surface area (Å²) in [4.78, 5) is 11.3. The zero-order valence-electron chi connectivity index (χ0n) is 10.6. The van der Waals surface area contributed by atoms with E-state index in [1.54, 1.807) is 13.0 Å². The zero-order valence-corrected chi connectivity index (χ0v) is 10.6. The molecule has 104 valence electrons. The normalized spacial score (nSPS) is 18.5. The van der Waals surface area contributed by atoms with Crippen LogP contribution < -0.4 is 10.5 Å². The number of benzene rings is 1. The van der Waals surface area contributed by atoms with Crippen LogP contribution in [0.1, 0.15) is 18.5 Å². The van der Waals surface area contributed by atoms with Crippen molar-refractivity contribution in [2.45, 2.75) is 13.0 Å². The maximum atomic E-state index is 13.7. The molecule has 0 spiro atoms. The number of carboxylic acid groups (broad SMARTS) is 1. The Morgan fingerprint density at radius 1 is 1.63 bits per heavy atom. The molecule has 0 aromatic heterocycles. The molecule has 0 saturated carbocycles. The summed E-state index contributed by atoms with van der Waals surface area (Å²) in [6.07, 6.45) is 0. The molecule has 0 radical (unpaired) electrons. The van der Waals surface area contributed by atoms with Crippen LogP contribution in [0.4, 0.5) is 4.39 Å². The van der Waals surface area contributed by atoms with E-state index in [2.05, 4.69) is 0 Å². The maximum Gasteiger partial charge on any atom is 0.316 e. The van der Waals surface area contributed by atoms with Crippen LogP contribution in [0.3, 0.4) is 0 Å². The number of carboxylic acids is 1. The summed E-state index contributed by atoms with van der Waals surface area (Å²) in [5.41, 5.74) is 5.22. The van der Waals surface area contributed by atoms with Crippen molar-refractivity contribution >= 4 is 5.97 Å². The fourth-order valence-corrected chi connectivity index (χ4v) is 2.06. The van der Waals surface area contributed by atoms with Gasteiger partial charge in [0.15, 0.2) is 11.6 Å². The Labute approximate surface area is 110 Å². The van der Waals surface area contributed by atoms with E-state index in [1.165, 1.54) is 12.1 Å². The third kappa shape index (κ3) is 2.29. The SMILES string of the molecule is CCOc1ccc(C(N)C2(C(=O)O)COC2)cc1F. The first kappa shape index (κ1) is 13.8. The third-order valence-corrected chi connectivity index (χ3v) is 3.36. The standard InChI is InChI=1S/C13H16FNO4/c1-2-19-10-4-3-8(5-9(10)14)11(15)13(12(16)17)6-18-7-13/h3-5,11H,2,6-7,15H2,1H3,(H,16,17). The minimum absolute atomic E-state index is 0.0400. The van der Waals surface area contributed by atoms with Crippen molar-refractivity contribution in [3.63, 3.8) is 0 Å². The summed E-state index contributed by atoms with van der Waals surface area (Å²) in [5.74, 6) is -1.44. The van der Waals surface area contributed by atoms with Crippen LogP contribution in [-0.2, 0) is 9.53 Å². The number of hydrogen-bond donors (Lipinski definition) is 2. The molecule has 1 unspecified atom stereocenters. The number of rotatable bonds is 5. The number of nitrogens with two attached hydrogens (primary N) is 1. The first-order valence-corrected chi connectivity index (χ1v) is 6.00. The van der Waals surface area contributed by atoms with Gasteiger partial charge < -0.3 is 20.3 Å². The molecule has 3 N–H and O–H groups in total. The van der Waals surface area contributed by atoms with Gasteiger partial charge in [0.1, 0.15) is 5.41 Å². The highest BCUT2D eigenvalue weighted by molar-refractivity contribution is 5.77. The van der Waals surface area contributed by atoms with Gasteiger partial charge in [0.05, 0.1) is 25.9 Å². The molecule has 1 saturated heterocycles. The number of ether oxygens (including phenoxy) is 2. The molecule has 1 fully saturated rings. The zero-order chi connectivity index (χ0) is 14.0. The second kappa shape index (κ2) is 5.14. The Morgan fingerprint density at radius 3 is 2.74 bits per heavy atom. The quantitative estimate of drug-likeness (QED) is 0.842. The second-order valence-corrected chi connectivity index (χ2v) is 4.55. The minimum Gasteiger partial charge on any atom is -0.491 e. The lowest BCUT2D eigenvalue weighted by Crippen LogP contribution is -2.55. The average molecular weight is 269 g/mol. The topological polar surface area (TPSA) is 81.8 Å². The lowest BCUT2D eigenvalue weighted by Gasteiger charge is -2.41. The van der Waals surface area contributed by atoms with Crippen molar-refractivity contribution in [1.29, 1.82) is 0 Å². The largest absolute Gasteiger partial charge is 0.491 e. The summed E-state index contributed by atoms with van der Waals surface area (Å²) in [6.45, 7) is 2.19. The number of hydrogen-bond acceptors (Lipinski definition) is 4. The van der Waals surface area contributed by atoms with E-state index < -0.39 is 23.2 Å². The van der Waals surface area contributed by atoms with E-state index in [0.29, 0.717) is 12.2 Å². The number of carbonyl (C=O) groups is 1. The molecule has 2 rings (SSSR count). The lowest BCUT2D eigenvalue weighted by molar-refractivity contribution is -0.184. The van der Waals surface area contributed by atoms with E-state index in [9.17, 15) is 14.3 Å². The minimum atomic E-state index is -1.17. The van der Waals surface area contributed by atoms with E-state index in [-0.39, 0.29) is 19.0 Å². The van der Waals surface area contributed by atoms with Gasteiger partial charge in [-0.25, -0.2) is 4.39 Å². The molecule has 1 aromatic carbocycles. The smallest absolute Gasteiger partial charge is 0.316 e. The molecule has 1 aliphatic rings. The van der Waals surface area contributed by atoms with Crippen LogP contribution in [0.2, 0.25) is 0 Å². The molecular formula is C13H16FNO4. The molecule has 1 aromatic rings. The average Bonchev–Trinajstić information content (AvgIpc) is 2.29. The maximum absolute atomic E-state index is 13.7. The molecular weight excluding hydrogens is 253 g/mol. The van der Waals surface area contributed by atoms with Crippen molar-refractivity contribution in [1.82, 2.24) is 0 Å². The van der Waals surface area contributed by atoms with E-state index in [0.717, 1.165) is 0 Å². The van der Waals surface area contributed by atoms with Crippen LogP contribution >= 0.6 is 0 Å². The van der Waals surface area contributed by atoms with Gasteiger partial charge in [0.2, 0.25) is 0 Å². The second-order valence-electron chi connectivity index (χ2n) is 4.55. The van der Waals surface area contributed by atoms with Gasteiger partial charge >= 0.3 is 5.97 Å². The molecule has 19 heavy (non-hydrogen) atoms.